The van der Waals surface area contributed by atoms with Gasteiger partial charge in [-0.05, 0) is 52.3 Å². The highest BCUT2D eigenvalue weighted by Gasteiger charge is 2.10. The van der Waals surface area contributed by atoms with Crippen molar-refractivity contribution in [2.24, 2.45) is 0 Å². The third-order valence-corrected chi connectivity index (χ3v) is 3.22. The van der Waals surface area contributed by atoms with E-state index < -0.39 is 0 Å². The van der Waals surface area contributed by atoms with E-state index in [9.17, 15) is 0 Å². The number of aromatic nitrogens is 2. The molecule has 0 fully saturated rings. The lowest BCUT2D eigenvalue weighted by atomic mass is 10.2. The summed E-state index contributed by atoms with van der Waals surface area (Å²) in [4.78, 5) is 0. The van der Waals surface area contributed by atoms with Gasteiger partial charge in [-0.3, -0.25) is 5.10 Å². The highest BCUT2D eigenvalue weighted by Crippen LogP contribution is 2.23. The Morgan fingerprint density at radius 1 is 1.33 bits per heavy atom. The first kappa shape index (κ1) is 15.8. The van der Waals surface area contributed by atoms with Gasteiger partial charge in [0, 0.05) is 18.7 Å². The summed E-state index contributed by atoms with van der Waals surface area (Å²) in [6.07, 6.45) is 4.37. The minimum atomic E-state index is 0.322. The first-order valence-electron chi connectivity index (χ1n) is 7.58. The van der Waals surface area contributed by atoms with Crippen LogP contribution in [0.4, 0.5) is 0 Å². The number of aromatic amines is 1. The van der Waals surface area contributed by atoms with E-state index >= 15 is 0 Å². The molecule has 0 atom stereocenters. The Kier molecular flexibility index (Phi) is 6.02. The number of nitrogens with one attached hydrogen (secondary N) is 2. The van der Waals surface area contributed by atoms with Crippen molar-refractivity contribution in [2.75, 3.05) is 13.2 Å². The summed E-state index contributed by atoms with van der Waals surface area (Å²) in [7, 11) is 0. The van der Waals surface area contributed by atoms with Crippen molar-refractivity contribution in [3.05, 3.63) is 29.7 Å². The van der Waals surface area contributed by atoms with Gasteiger partial charge in [0.05, 0.1) is 12.3 Å². The summed E-state index contributed by atoms with van der Waals surface area (Å²) in [5.74, 6) is 1.75. The molecule has 5 heteroatoms. The fourth-order valence-corrected chi connectivity index (χ4v) is 2.12. The van der Waals surface area contributed by atoms with Crippen LogP contribution in [0.1, 0.15) is 38.0 Å². The predicted octanol–water partition coefficient (Wildman–Crippen LogP) is 3.27. The number of hydrogen-bond donors (Lipinski definition) is 2. The molecule has 2 N–H and O–H groups in total. The van der Waals surface area contributed by atoms with E-state index in [4.69, 9.17) is 9.15 Å². The Hall–Kier alpha value is -1.59. The normalized spacial score (nSPS) is 11.4. The standard InChI is InChI=1S/C16H25N3O2/c1-12(2)20-9-5-4-8-17-10-14-11-18-19-16(14)15-7-6-13(3)21-15/h6-7,11-12,17H,4-5,8-10H2,1-3H3,(H,18,19). The molecule has 116 valence electrons. The Bertz CT molecular complexity index is 531. The zero-order valence-corrected chi connectivity index (χ0v) is 13.1. The molecule has 2 rings (SSSR count). The third kappa shape index (κ3) is 5.02. The summed E-state index contributed by atoms with van der Waals surface area (Å²) in [5, 5.41) is 10.6. The van der Waals surface area contributed by atoms with Crippen molar-refractivity contribution in [3.8, 4) is 11.5 Å². The molecular weight excluding hydrogens is 266 g/mol. The second-order valence-electron chi connectivity index (χ2n) is 5.48. The zero-order chi connectivity index (χ0) is 15.1. The minimum absolute atomic E-state index is 0.322. The molecule has 21 heavy (non-hydrogen) atoms. The SMILES string of the molecule is Cc1ccc(-c2[nH]ncc2CNCCCCOC(C)C)o1. The molecule has 0 amide bonds. The average molecular weight is 291 g/mol. The number of nitrogens with zero attached hydrogens (tertiary/aromatic N) is 1. The topological polar surface area (TPSA) is 63.1 Å². The largest absolute Gasteiger partial charge is 0.460 e. The lowest BCUT2D eigenvalue weighted by molar-refractivity contribution is 0.0760. The maximum absolute atomic E-state index is 5.63. The van der Waals surface area contributed by atoms with Gasteiger partial charge in [0.2, 0.25) is 0 Å². The molecule has 0 aliphatic carbocycles. The van der Waals surface area contributed by atoms with E-state index in [-0.39, 0.29) is 0 Å². The molecule has 0 bridgehead atoms. The van der Waals surface area contributed by atoms with Gasteiger partial charge >= 0.3 is 0 Å². The van der Waals surface area contributed by atoms with Crippen molar-refractivity contribution in [3.63, 3.8) is 0 Å². The summed E-state index contributed by atoms with van der Waals surface area (Å²) in [5.41, 5.74) is 2.08. The smallest absolute Gasteiger partial charge is 0.152 e. The van der Waals surface area contributed by atoms with Crippen LogP contribution in [0.5, 0.6) is 0 Å². The Balaban J connectivity index is 1.71. The quantitative estimate of drug-likeness (QED) is 0.696. The van der Waals surface area contributed by atoms with Crippen LogP contribution in [0.2, 0.25) is 0 Å². The van der Waals surface area contributed by atoms with E-state index in [0.29, 0.717) is 6.10 Å². The van der Waals surface area contributed by atoms with Crippen LogP contribution in [-0.4, -0.2) is 29.5 Å². The van der Waals surface area contributed by atoms with Crippen LogP contribution < -0.4 is 5.32 Å². The first-order chi connectivity index (χ1) is 10.2. The van der Waals surface area contributed by atoms with Crippen molar-refractivity contribution in [1.82, 2.24) is 15.5 Å². The van der Waals surface area contributed by atoms with E-state index in [0.717, 1.165) is 55.3 Å². The van der Waals surface area contributed by atoms with Gasteiger partial charge in [0.1, 0.15) is 11.5 Å². The molecule has 0 saturated carbocycles. The zero-order valence-electron chi connectivity index (χ0n) is 13.1. The monoisotopic (exact) mass is 291 g/mol. The number of hydrogen-bond acceptors (Lipinski definition) is 4. The molecule has 0 aliphatic heterocycles. The second-order valence-corrected chi connectivity index (χ2v) is 5.48. The van der Waals surface area contributed by atoms with Crippen LogP contribution in [0, 0.1) is 6.92 Å². The molecule has 0 radical (unpaired) electrons. The number of ether oxygens (including phenoxy) is 1. The highest BCUT2D eigenvalue weighted by atomic mass is 16.5. The molecule has 0 aliphatic rings. The Morgan fingerprint density at radius 2 is 2.19 bits per heavy atom. The summed E-state index contributed by atoms with van der Waals surface area (Å²) in [6, 6.07) is 3.93. The highest BCUT2D eigenvalue weighted by molar-refractivity contribution is 5.56. The third-order valence-electron chi connectivity index (χ3n) is 3.22. The van der Waals surface area contributed by atoms with Gasteiger partial charge in [-0.1, -0.05) is 0 Å². The molecule has 5 nitrogen and oxygen atoms in total. The van der Waals surface area contributed by atoms with Gasteiger partial charge in [0.25, 0.3) is 0 Å². The van der Waals surface area contributed by atoms with Crippen LogP contribution in [0.15, 0.2) is 22.7 Å². The van der Waals surface area contributed by atoms with Crippen LogP contribution in [0.3, 0.4) is 0 Å². The lowest BCUT2D eigenvalue weighted by Crippen LogP contribution is -2.15. The molecule has 2 heterocycles. The maximum Gasteiger partial charge on any atom is 0.152 e. The molecule has 0 aromatic carbocycles. The van der Waals surface area contributed by atoms with Gasteiger partial charge in [0.15, 0.2) is 5.76 Å². The van der Waals surface area contributed by atoms with E-state index in [1.807, 2.05) is 25.3 Å². The number of H-pyrrole nitrogens is 1. The van der Waals surface area contributed by atoms with Crippen molar-refractivity contribution >= 4 is 0 Å². The van der Waals surface area contributed by atoms with Crippen molar-refractivity contribution in [2.45, 2.75) is 46.3 Å². The Morgan fingerprint density at radius 3 is 2.90 bits per heavy atom. The molecule has 2 aromatic rings. The summed E-state index contributed by atoms with van der Waals surface area (Å²) < 4.78 is 11.2. The molecular formula is C16H25N3O2. The Labute approximate surface area is 126 Å². The summed E-state index contributed by atoms with van der Waals surface area (Å²) >= 11 is 0. The fourth-order valence-electron chi connectivity index (χ4n) is 2.12. The van der Waals surface area contributed by atoms with Crippen LogP contribution >= 0.6 is 0 Å². The van der Waals surface area contributed by atoms with E-state index in [1.165, 1.54) is 0 Å². The number of rotatable bonds is 9. The van der Waals surface area contributed by atoms with Gasteiger partial charge in [-0.15, -0.1) is 0 Å². The molecule has 0 unspecified atom stereocenters. The lowest BCUT2D eigenvalue weighted by Gasteiger charge is -2.07. The first-order valence-corrected chi connectivity index (χ1v) is 7.58. The van der Waals surface area contributed by atoms with Crippen LogP contribution in [-0.2, 0) is 11.3 Å². The van der Waals surface area contributed by atoms with Crippen molar-refractivity contribution < 1.29 is 9.15 Å². The van der Waals surface area contributed by atoms with Gasteiger partial charge in [-0.25, -0.2) is 0 Å². The van der Waals surface area contributed by atoms with Crippen molar-refractivity contribution in [1.29, 1.82) is 0 Å². The fraction of sp³-hybridized carbons (Fsp3) is 0.562. The predicted molar refractivity (Wildman–Crippen MR) is 83.1 cm³/mol. The maximum atomic E-state index is 5.63. The van der Waals surface area contributed by atoms with Gasteiger partial charge < -0.3 is 14.5 Å². The molecule has 0 spiro atoms. The minimum Gasteiger partial charge on any atom is -0.460 e. The summed E-state index contributed by atoms with van der Waals surface area (Å²) in [6.45, 7) is 8.67. The average Bonchev–Trinajstić information content (AvgIpc) is 3.05. The van der Waals surface area contributed by atoms with E-state index in [1.54, 1.807) is 0 Å². The van der Waals surface area contributed by atoms with E-state index in [2.05, 4.69) is 29.4 Å². The molecule has 0 saturated heterocycles. The van der Waals surface area contributed by atoms with Crippen LogP contribution in [0.25, 0.3) is 11.5 Å². The van der Waals surface area contributed by atoms with Gasteiger partial charge in [-0.2, -0.15) is 5.10 Å². The molecule has 2 aromatic heterocycles. The number of unbranched alkanes of at least 4 members (excludes halogenated alkanes) is 1. The number of furan rings is 1. The number of aryl methyl sites for hydroxylation is 1. The second kappa shape index (κ2) is 8.00.